The maximum absolute atomic E-state index is 11.3. The van der Waals surface area contributed by atoms with Crippen molar-refractivity contribution in [2.45, 2.75) is 79.2 Å². The Hall–Kier alpha value is -2.05. The van der Waals surface area contributed by atoms with Crippen LogP contribution in [0.25, 0.3) is 0 Å². The van der Waals surface area contributed by atoms with E-state index in [1.807, 2.05) is 18.7 Å². The maximum atomic E-state index is 11.3. The summed E-state index contributed by atoms with van der Waals surface area (Å²) in [5.41, 5.74) is 3.62. The first kappa shape index (κ1) is 24.0. The first-order chi connectivity index (χ1) is 13.4. The molecule has 1 heterocycles. The van der Waals surface area contributed by atoms with Gasteiger partial charge < -0.3 is 15.4 Å². The lowest BCUT2D eigenvalue weighted by atomic mass is 10.1. The standard InChI is InChI=1S/C21H39N5O2/c1-7-22-21(23-14-12-10-9-11-13-20(27)28-8-2)24-16(3)15-19-17(4)25-26(6)18(19)5/h16H,7-15H2,1-6H3,(H2,22,23,24). The minimum atomic E-state index is -0.0905. The first-order valence-corrected chi connectivity index (χ1v) is 10.6. The smallest absolute Gasteiger partial charge is 0.305 e. The molecule has 0 saturated heterocycles. The normalized spacial score (nSPS) is 12.7. The van der Waals surface area contributed by atoms with Gasteiger partial charge in [-0.05, 0) is 59.4 Å². The van der Waals surface area contributed by atoms with Gasteiger partial charge in [-0.2, -0.15) is 5.10 Å². The number of guanidine groups is 1. The molecule has 0 aromatic carbocycles. The predicted molar refractivity (Wildman–Crippen MR) is 115 cm³/mol. The molecule has 7 nitrogen and oxygen atoms in total. The van der Waals surface area contributed by atoms with Gasteiger partial charge in [0.05, 0.1) is 12.3 Å². The van der Waals surface area contributed by atoms with Crippen molar-refractivity contribution in [3.63, 3.8) is 0 Å². The summed E-state index contributed by atoms with van der Waals surface area (Å²) in [6, 6.07) is 0.268. The van der Waals surface area contributed by atoms with Crippen LogP contribution in [0.3, 0.4) is 0 Å². The molecule has 0 aliphatic heterocycles. The van der Waals surface area contributed by atoms with Gasteiger partial charge in [-0.25, -0.2) is 0 Å². The first-order valence-electron chi connectivity index (χ1n) is 10.6. The number of nitrogens with zero attached hydrogens (tertiary/aromatic N) is 3. The summed E-state index contributed by atoms with van der Waals surface area (Å²) in [5.74, 6) is 0.771. The van der Waals surface area contributed by atoms with Crippen molar-refractivity contribution >= 4 is 11.9 Å². The van der Waals surface area contributed by atoms with Crippen molar-refractivity contribution in [3.05, 3.63) is 17.0 Å². The SMILES string of the molecule is CCNC(=NCCCCCCC(=O)OCC)NC(C)Cc1c(C)nn(C)c1C. The Morgan fingerprint density at radius 1 is 1.21 bits per heavy atom. The number of aliphatic imine (C=N–C) groups is 1. The number of esters is 1. The van der Waals surface area contributed by atoms with E-state index < -0.39 is 0 Å². The van der Waals surface area contributed by atoms with Crippen LogP contribution in [0, 0.1) is 13.8 Å². The van der Waals surface area contributed by atoms with Crippen molar-refractivity contribution in [1.82, 2.24) is 20.4 Å². The van der Waals surface area contributed by atoms with Gasteiger partial charge in [0.25, 0.3) is 0 Å². The number of hydrogen-bond donors (Lipinski definition) is 2. The number of hydrogen-bond acceptors (Lipinski definition) is 4. The lowest BCUT2D eigenvalue weighted by molar-refractivity contribution is -0.143. The van der Waals surface area contributed by atoms with Gasteiger partial charge in [0.2, 0.25) is 0 Å². The fraction of sp³-hybridized carbons (Fsp3) is 0.762. The number of carbonyl (C=O) groups is 1. The number of carbonyl (C=O) groups excluding carboxylic acids is 1. The minimum Gasteiger partial charge on any atom is -0.466 e. The van der Waals surface area contributed by atoms with Crippen molar-refractivity contribution in [2.75, 3.05) is 19.7 Å². The van der Waals surface area contributed by atoms with E-state index in [9.17, 15) is 4.79 Å². The Morgan fingerprint density at radius 2 is 1.93 bits per heavy atom. The van der Waals surface area contributed by atoms with Crippen LogP contribution >= 0.6 is 0 Å². The molecule has 0 aliphatic carbocycles. The van der Waals surface area contributed by atoms with Crippen LogP contribution in [0.5, 0.6) is 0 Å². The fourth-order valence-corrected chi connectivity index (χ4v) is 3.18. The molecule has 7 heteroatoms. The molecule has 2 N–H and O–H groups in total. The summed E-state index contributed by atoms with van der Waals surface area (Å²) in [5, 5.41) is 11.3. The van der Waals surface area contributed by atoms with E-state index in [4.69, 9.17) is 4.74 Å². The summed E-state index contributed by atoms with van der Waals surface area (Å²) in [7, 11) is 1.99. The lowest BCUT2D eigenvalue weighted by Crippen LogP contribution is -2.43. The molecule has 0 aliphatic rings. The van der Waals surface area contributed by atoms with Crippen LogP contribution < -0.4 is 10.6 Å². The quantitative estimate of drug-likeness (QED) is 0.247. The Bertz CT molecular complexity index is 625. The molecule has 0 spiro atoms. The van der Waals surface area contributed by atoms with Gasteiger partial charge >= 0.3 is 5.97 Å². The molecule has 0 radical (unpaired) electrons. The van der Waals surface area contributed by atoms with E-state index in [0.29, 0.717) is 13.0 Å². The molecule has 0 saturated carbocycles. The topological polar surface area (TPSA) is 80.5 Å². The Kier molecular flexibility index (Phi) is 11.3. The summed E-state index contributed by atoms with van der Waals surface area (Å²) < 4.78 is 6.88. The summed E-state index contributed by atoms with van der Waals surface area (Å²) in [6.45, 7) is 12.4. The van der Waals surface area contributed by atoms with Gasteiger partial charge in [-0.1, -0.05) is 12.8 Å². The second-order valence-electron chi connectivity index (χ2n) is 7.25. The van der Waals surface area contributed by atoms with Crippen molar-refractivity contribution < 1.29 is 9.53 Å². The Morgan fingerprint density at radius 3 is 2.54 bits per heavy atom. The maximum Gasteiger partial charge on any atom is 0.305 e. The van der Waals surface area contributed by atoms with Crippen LogP contribution in [0.1, 0.15) is 69.8 Å². The van der Waals surface area contributed by atoms with Gasteiger partial charge in [0.15, 0.2) is 5.96 Å². The van der Waals surface area contributed by atoms with Crippen LogP contribution in [0.15, 0.2) is 4.99 Å². The van der Waals surface area contributed by atoms with Crippen LogP contribution in [0.4, 0.5) is 0 Å². The second-order valence-corrected chi connectivity index (χ2v) is 7.25. The van der Waals surface area contributed by atoms with Crippen LogP contribution in [-0.2, 0) is 23.0 Å². The predicted octanol–water partition coefficient (Wildman–Crippen LogP) is 3.04. The second kappa shape index (κ2) is 13.2. The molecule has 1 unspecified atom stereocenters. The van der Waals surface area contributed by atoms with Gasteiger partial charge in [0.1, 0.15) is 0 Å². The van der Waals surface area contributed by atoms with E-state index in [2.05, 4.69) is 48.4 Å². The number of rotatable bonds is 12. The third kappa shape index (κ3) is 8.76. The molecule has 0 bridgehead atoms. The highest BCUT2D eigenvalue weighted by Gasteiger charge is 2.13. The summed E-state index contributed by atoms with van der Waals surface area (Å²) in [4.78, 5) is 16.0. The minimum absolute atomic E-state index is 0.0905. The highest BCUT2D eigenvalue weighted by atomic mass is 16.5. The van der Waals surface area contributed by atoms with Crippen molar-refractivity contribution in [3.8, 4) is 0 Å². The highest BCUT2D eigenvalue weighted by Crippen LogP contribution is 2.14. The van der Waals surface area contributed by atoms with Gasteiger partial charge in [0, 0.05) is 38.3 Å². The molecule has 1 atom stereocenters. The van der Waals surface area contributed by atoms with E-state index in [1.165, 1.54) is 11.3 Å². The van der Waals surface area contributed by atoms with Crippen molar-refractivity contribution in [1.29, 1.82) is 0 Å². The number of aromatic nitrogens is 2. The molecule has 1 rings (SSSR count). The summed E-state index contributed by atoms with van der Waals surface area (Å²) >= 11 is 0. The third-order valence-electron chi connectivity index (χ3n) is 4.76. The van der Waals surface area contributed by atoms with E-state index >= 15 is 0 Å². The van der Waals surface area contributed by atoms with Crippen LogP contribution in [0.2, 0.25) is 0 Å². The zero-order chi connectivity index (χ0) is 20.9. The molecule has 160 valence electrons. The zero-order valence-electron chi connectivity index (χ0n) is 18.6. The van der Waals surface area contributed by atoms with Crippen LogP contribution in [-0.4, -0.2) is 47.4 Å². The molecule has 0 amide bonds. The third-order valence-corrected chi connectivity index (χ3v) is 4.76. The Balaban J connectivity index is 2.37. The van der Waals surface area contributed by atoms with Gasteiger partial charge in [-0.3, -0.25) is 14.5 Å². The number of nitrogens with one attached hydrogen (secondary N) is 2. The molecule has 28 heavy (non-hydrogen) atoms. The number of ether oxygens (including phenoxy) is 1. The zero-order valence-corrected chi connectivity index (χ0v) is 18.6. The van der Waals surface area contributed by atoms with E-state index in [1.54, 1.807) is 0 Å². The van der Waals surface area contributed by atoms with Gasteiger partial charge in [-0.15, -0.1) is 0 Å². The van der Waals surface area contributed by atoms with Crippen molar-refractivity contribution in [2.24, 2.45) is 12.0 Å². The largest absolute Gasteiger partial charge is 0.466 e. The van der Waals surface area contributed by atoms with E-state index in [0.717, 1.165) is 56.8 Å². The molecule has 0 fully saturated rings. The molecular formula is C21H39N5O2. The Labute approximate surface area is 170 Å². The number of unbranched alkanes of at least 4 members (excludes halogenated alkanes) is 3. The lowest BCUT2D eigenvalue weighted by Gasteiger charge is -2.18. The fourth-order valence-electron chi connectivity index (χ4n) is 3.18. The average Bonchev–Trinajstić information content (AvgIpc) is 2.87. The molecular weight excluding hydrogens is 354 g/mol. The molecule has 1 aromatic rings. The highest BCUT2D eigenvalue weighted by molar-refractivity contribution is 5.80. The number of aryl methyl sites for hydroxylation is 2. The van der Waals surface area contributed by atoms with E-state index in [-0.39, 0.29) is 12.0 Å². The molecule has 1 aromatic heterocycles. The monoisotopic (exact) mass is 393 g/mol. The average molecular weight is 394 g/mol. The summed E-state index contributed by atoms with van der Waals surface area (Å²) in [6.07, 6.45) is 5.46.